The van der Waals surface area contributed by atoms with Crippen LogP contribution in [0.5, 0.6) is 0 Å². The number of carbonyl (C=O) groups is 1. The Morgan fingerprint density at radius 3 is 2.50 bits per heavy atom. The van der Waals surface area contributed by atoms with Crippen LogP contribution in [0.1, 0.15) is 66.2 Å². The Balaban J connectivity index is 2.04. The molecule has 1 fully saturated rings. The molecule has 0 heterocycles. The Bertz CT molecular complexity index is 556. The maximum atomic E-state index is 12.4. The number of Topliss-reactive ketones (excluding diaryl/α,β-unsaturated/α-hetero) is 1. The normalized spacial score (nSPS) is 44.3. The van der Waals surface area contributed by atoms with E-state index in [1.165, 1.54) is 5.57 Å². The maximum Gasteiger partial charge on any atom is 0.162 e. The predicted molar refractivity (Wildman–Crippen MR) is 89.4 cm³/mol. The smallest absolute Gasteiger partial charge is 0.162 e. The van der Waals surface area contributed by atoms with Crippen molar-refractivity contribution in [3.05, 3.63) is 23.8 Å². The summed E-state index contributed by atoms with van der Waals surface area (Å²) >= 11 is 0. The Hall–Kier alpha value is -0.890. The summed E-state index contributed by atoms with van der Waals surface area (Å²) in [5.41, 5.74) is 2.97. The molecule has 4 atom stereocenters. The van der Waals surface area contributed by atoms with Crippen LogP contribution >= 0.6 is 0 Å². The highest BCUT2D eigenvalue weighted by atomic mass is 16.3. The number of hydrogen-bond donors (Lipinski definition) is 1. The van der Waals surface area contributed by atoms with E-state index in [-0.39, 0.29) is 22.0 Å². The lowest BCUT2D eigenvalue weighted by molar-refractivity contribution is -0.153. The molecule has 0 aromatic carbocycles. The van der Waals surface area contributed by atoms with E-state index in [0.717, 1.165) is 32.1 Å². The number of carbonyl (C=O) groups excluding carboxylic acids is 1. The summed E-state index contributed by atoms with van der Waals surface area (Å²) in [7, 11) is 0. The first-order valence-electron chi connectivity index (χ1n) is 8.70. The topological polar surface area (TPSA) is 37.3 Å². The average molecular weight is 302 g/mol. The number of hydrogen-bond acceptors (Lipinski definition) is 2. The van der Waals surface area contributed by atoms with Crippen molar-refractivity contribution < 1.29 is 9.90 Å². The van der Waals surface area contributed by atoms with E-state index >= 15 is 0 Å². The van der Waals surface area contributed by atoms with E-state index in [9.17, 15) is 9.90 Å². The zero-order valence-corrected chi connectivity index (χ0v) is 14.5. The quantitative estimate of drug-likeness (QED) is 0.727. The summed E-state index contributed by atoms with van der Waals surface area (Å²) in [5, 5.41) is 10.4. The lowest BCUT2D eigenvalue weighted by Crippen LogP contribution is -2.56. The van der Waals surface area contributed by atoms with Crippen molar-refractivity contribution in [3.8, 4) is 0 Å². The maximum absolute atomic E-state index is 12.4. The number of allylic oxidation sites excluding steroid dienone is 3. The largest absolute Gasteiger partial charge is 0.385 e. The molecular formula is C20H30O2. The van der Waals surface area contributed by atoms with Crippen LogP contribution in [0.2, 0.25) is 0 Å². The van der Waals surface area contributed by atoms with Gasteiger partial charge in [0.2, 0.25) is 0 Å². The molecule has 0 amide bonds. The van der Waals surface area contributed by atoms with E-state index in [1.54, 1.807) is 5.57 Å². The second-order valence-corrected chi connectivity index (χ2v) is 8.99. The third-order valence-electron chi connectivity index (χ3n) is 7.13. The summed E-state index contributed by atoms with van der Waals surface area (Å²) in [5.74, 6) is 0.439. The van der Waals surface area contributed by atoms with Gasteiger partial charge in [0.05, 0.1) is 0 Å². The number of aliphatic hydroxyl groups excluding tert-OH is 1. The van der Waals surface area contributed by atoms with Crippen molar-refractivity contribution in [2.45, 2.75) is 72.3 Å². The Kier molecular flexibility index (Phi) is 3.49. The molecule has 1 N–H and O–H groups in total. The van der Waals surface area contributed by atoms with E-state index < -0.39 is 6.10 Å². The molecule has 0 saturated heterocycles. The number of aliphatic hydroxyl groups is 1. The molecule has 0 radical (unpaired) electrons. The average Bonchev–Trinajstić information content (AvgIpc) is 2.44. The molecule has 0 aliphatic heterocycles. The standard InChI is InChI=1S/C20H30O2/c1-6-19(4)10-9-14-13(11-19)7-8-16-18(2,3)17(22)15(21)12-20(14,16)5/h6,16-17,22H,1,7-12H2,2-5H3/t16-,17-,19-,20+/m0/s1. The second-order valence-electron chi connectivity index (χ2n) is 8.99. The highest BCUT2D eigenvalue weighted by Crippen LogP contribution is 2.62. The van der Waals surface area contributed by atoms with Gasteiger partial charge in [-0.05, 0) is 48.9 Å². The molecule has 0 unspecified atom stereocenters. The van der Waals surface area contributed by atoms with Crippen LogP contribution in [0.3, 0.4) is 0 Å². The summed E-state index contributed by atoms with van der Waals surface area (Å²) < 4.78 is 0. The number of rotatable bonds is 1. The van der Waals surface area contributed by atoms with Crippen LogP contribution in [0.15, 0.2) is 23.8 Å². The van der Waals surface area contributed by atoms with Gasteiger partial charge < -0.3 is 5.11 Å². The number of ketones is 1. The van der Waals surface area contributed by atoms with Gasteiger partial charge in [-0.15, -0.1) is 6.58 Å². The van der Waals surface area contributed by atoms with E-state index in [0.29, 0.717) is 12.3 Å². The van der Waals surface area contributed by atoms with Gasteiger partial charge in [0.1, 0.15) is 6.10 Å². The van der Waals surface area contributed by atoms with Gasteiger partial charge in [0.25, 0.3) is 0 Å². The Labute approximate surface area is 134 Å². The zero-order chi connectivity index (χ0) is 16.3. The van der Waals surface area contributed by atoms with Gasteiger partial charge in [-0.25, -0.2) is 0 Å². The fourth-order valence-electron chi connectivity index (χ4n) is 5.71. The van der Waals surface area contributed by atoms with Gasteiger partial charge in [-0.3, -0.25) is 4.79 Å². The minimum Gasteiger partial charge on any atom is -0.385 e. The van der Waals surface area contributed by atoms with Gasteiger partial charge in [0, 0.05) is 11.8 Å². The van der Waals surface area contributed by atoms with Crippen molar-refractivity contribution in [1.29, 1.82) is 0 Å². The molecule has 2 heteroatoms. The molecule has 0 aromatic rings. The SMILES string of the molecule is C=C[C@@]1(C)CCC2=C(CC[C@H]3C(C)(C)[C@@H](O)C(=O)C[C@]23C)C1. The van der Waals surface area contributed by atoms with Crippen LogP contribution in [0.4, 0.5) is 0 Å². The molecule has 0 spiro atoms. The van der Waals surface area contributed by atoms with Gasteiger partial charge in [0.15, 0.2) is 5.78 Å². The van der Waals surface area contributed by atoms with E-state index in [2.05, 4.69) is 40.3 Å². The van der Waals surface area contributed by atoms with E-state index in [1.807, 2.05) is 0 Å². The molecule has 2 nitrogen and oxygen atoms in total. The molecule has 122 valence electrons. The minimum atomic E-state index is -0.797. The first-order valence-corrected chi connectivity index (χ1v) is 8.70. The molecule has 22 heavy (non-hydrogen) atoms. The highest BCUT2D eigenvalue weighted by molar-refractivity contribution is 5.86. The van der Waals surface area contributed by atoms with Gasteiger partial charge >= 0.3 is 0 Å². The van der Waals surface area contributed by atoms with Crippen LogP contribution < -0.4 is 0 Å². The van der Waals surface area contributed by atoms with Gasteiger partial charge in [-0.1, -0.05) is 44.9 Å². The molecule has 3 rings (SSSR count). The number of fused-ring (bicyclic) bond motifs is 2. The Morgan fingerprint density at radius 1 is 1.18 bits per heavy atom. The molecule has 3 aliphatic carbocycles. The van der Waals surface area contributed by atoms with Crippen molar-refractivity contribution >= 4 is 5.78 Å². The fraction of sp³-hybridized carbons (Fsp3) is 0.750. The second kappa shape index (κ2) is 4.80. The molecular weight excluding hydrogens is 272 g/mol. The third-order valence-corrected chi connectivity index (χ3v) is 7.13. The molecule has 0 aromatic heterocycles. The van der Waals surface area contributed by atoms with Crippen LogP contribution in [0, 0.1) is 22.2 Å². The van der Waals surface area contributed by atoms with Crippen molar-refractivity contribution in [2.75, 3.05) is 0 Å². The van der Waals surface area contributed by atoms with Crippen molar-refractivity contribution in [1.82, 2.24) is 0 Å². The van der Waals surface area contributed by atoms with Crippen LogP contribution in [-0.4, -0.2) is 17.0 Å². The zero-order valence-electron chi connectivity index (χ0n) is 14.5. The van der Waals surface area contributed by atoms with Crippen molar-refractivity contribution in [2.24, 2.45) is 22.2 Å². The highest BCUT2D eigenvalue weighted by Gasteiger charge is 2.57. The summed E-state index contributed by atoms with van der Waals surface area (Å²) in [4.78, 5) is 12.4. The Morgan fingerprint density at radius 2 is 1.86 bits per heavy atom. The lowest BCUT2D eigenvalue weighted by Gasteiger charge is -2.57. The fourth-order valence-corrected chi connectivity index (χ4v) is 5.71. The first kappa shape index (κ1) is 16.0. The summed E-state index contributed by atoms with van der Waals surface area (Å²) in [6, 6.07) is 0. The third kappa shape index (κ3) is 2.06. The monoisotopic (exact) mass is 302 g/mol. The van der Waals surface area contributed by atoms with Crippen molar-refractivity contribution in [3.63, 3.8) is 0 Å². The lowest BCUT2D eigenvalue weighted by atomic mass is 9.47. The molecule has 0 bridgehead atoms. The summed E-state index contributed by atoms with van der Waals surface area (Å²) in [6.45, 7) is 12.8. The predicted octanol–water partition coefficient (Wildman–Crippen LogP) is 4.44. The van der Waals surface area contributed by atoms with Crippen LogP contribution in [-0.2, 0) is 4.79 Å². The van der Waals surface area contributed by atoms with Gasteiger partial charge in [-0.2, -0.15) is 0 Å². The minimum absolute atomic E-state index is 0.0366. The van der Waals surface area contributed by atoms with E-state index in [4.69, 9.17) is 0 Å². The molecule has 1 saturated carbocycles. The van der Waals surface area contributed by atoms with Crippen LogP contribution in [0.25, 0.3) is 0 Å². The first-order chi connectivity index (χ1) is 10.1. The summed E-state index contributed by atoms with van der Waals surface area (Å²) in [6.07, 6.45) is 7.39. The molecule has 3 aliphatic rings.